The highest BCUT2D eigenvalue weighted by Crippen LogP contribution is 2.37. The van der Waals surface area contributed by atoms with E-state index in [-0.39, 0.29) is 6.03 Å². The van der Waals surface area contributed by atoms with Gasteiger partial charge in [-0.05, 0) is 44.2 Å². The van der Waals surface area contributed by atoms with E-state index in [1.165, 1.54) is 31.2 Å². The zero-order valence-corrected chi connectivity index (χ0v) is 10.9. The van der Waals surface area contributed by atoms with Crippen LogP contribution in [-0.4, -0.2) is 23.5 Å². The number of nitrogens with one attached hydrogen (secondary N) is 1. The van der Waals surface area contributed by atoms with Crippen LogP contribution >= 0.6 is 0 Å². The molecular weight excluding hydrogens is 224 g/mol. The summed E-state index contributed by atoms with van der Waals surface area (Å²) in [4.78, 5) is 14.3. The molecule has 1 N–H and O–H groups in total. The highest BCUT2D eigenvalue weighted by atomic mass is 16.2. The van der Waals surface area contributed by atoms with Gasteiger partial charge in [-0.25, -0.2) is 4.79 Å². The SMILES string of the molecule is Cc1ccc(NC(=O)N2CCC3CCCC32)cc1. The van der Waals surface area contributed by atoms with Crippen LogP contribution in [0, 0.1) is 12.8 Å². The molecule has 1 saturated heterocycles. The number of nitrogens with zero attached hydrogens (tertiary/aromatic N) is 1. The number of likely N-dealkylation sites (tertiary alicyclic amines) is 1. The molecule has 1 aliphatic carbocycles. The number of amides is 2. The Balaban J connectivity index is 1.66. The average molecular weight is 244 g/mol. The van der Waals surface area contributed by atoms with Crippen LogP contribution in [0.15, 0.2) is 24.3 Å². The molecule has 2 atom stereocenters. The van der Waals surface area contributed by atoms with Gasteiger partial charge in [0.25, 0.3) is 0 Å². The quantitative estimate of drug-likeness (QED) is 0.806. The number of aryl methyl sites for hydroxylation is 1. The second-order valence-electron chi connectivity index (χ2n) is 5.54. The largest absolute Gasteiger partial charge is 0.322 e. The third kappa shape index (κ3) is 2.09. The van der Waals surface area contributed by atoms with E-state index in [9.17, 15) is 4.79 Å². The van der Waals surface area contributed by atoms with Crippen molar-refractivity contribution in [1.82, 2.24) is 4.90 Å². The summed E-state index contributed by atoms with van der Waals surface area (Å²) in [6.07, 6.45) is 4.96. The Bertz CT molecular complexity index is 440. The van der Waals surface area contributed by atoms with Crippen LogP contribution in [0.1, 0.15) is 31.2 Å². The Labute approximate surface area is 108 Å². The first-order valence-corrected chi connectivity index (χ1v) is 6.88. The Kier molecular flexibility index (Phi) is 2.98. The molecule has 1 heterocycles. The molecule has 0 bridgehead atoms. The maximum absolute atomic E-state index is 12.3. The van der Waals surface area contributed by atoms with Gasteiger partial charge in [0.05, 0.1) is 0 Å². The van der Waals surface area contributed by atoms with Crippen LogP contribution in [0.25, 0.3) is 0 Å². The second-order valence-corrected chi connectivity index (χ2v) is 5.54. The summed E-state index contributed by atoms with van der Waals surface area (Å²) in [6, 6.07) is 8.56. The number of carbonyl (C=O) groups is 1. The van der Waals surface area contributed by atoms with Crippen molar-refractivity contribution in [1.29, 1.82) is 0 Å². The van der Waals surface area contributed by atoms with Crippen molar-refractivity contribution in [3.05, 3.63) is 29.8 Å². The van der Waals surface area contributed by atoms with Crippen molar-refractivity contribution in [2.75, 3.05) is 11.9 Å². The molecule has 1 aromatic carbocycles. The van der Waals surface area contributed by atoms with Gasteiger partial charge >= 0.3 is 6.03 Å². The van der Waals surface area contributed by atoms with Crippen LogP contribution in [0.5, 0.6) is 0 Å². The number of fused-ring (bicyclic) bond motifs is 1. The van der Waals surface area contributed by atoms with E-state index in [1.807, 2.05) is 29.2 Å². The molecule has 2 unspecified atom stereocenters. The molecule has 1 aromatic rings. The third-order valence-corrected chi connectivity index (χ3v) is 4.32. The van der Waals surface area contributed by atoms with Gasteiger partial charge in [-0.2, -0.15) is 0 Å². The number of hydrogen-bond donors (Lipinski definition) is 1. The van der Waals surface area contributed by atoms with Crippen LogP contribution in [-0.2, 0) is 0 Å². The summed E-state index contributed by atoms with van der Waals surface area (Å²) < 4.78 is 0. The number of urea groups is 1. The first-order chi connectivity index (χ1) is 8.74. The van der Waals surface area contributed by atoms with Gasteiger partial charge in [-0.3, -0.25) is 0 Å². The lowest BCUT2D eigenvalue weighted by molar-refractivity contribution is 0.203. The average Bonchev–Trinajstić information content (AvgIpc) is 2.93. The third-order valence-electron chi connectivity index (χ3n) is 4.32. The van der Waals surface area contributed by atoms with Crippen molar-refractivity contribution in [3.63, 3.8) is 0 Å². The summed E-state index contributed by atoms with van der Waals surface area (Å²) in [5, 5.41) is 3.01. The van der Waals surface area contributed by atoms with E-state index in [4.69, 9.17) is 0 Å². The fourth-order valence-corrected chi connectivity index (χ4v) is 3.32. The molecule has 2 amide bonds. The van der Waals surface area contributed by atoms with E-state index < -0.39 is 0 Å². The van der Waals surface area contributed by atoms with Gasteiger partial charge < -0.3 is 10.2 Å². The lowest BCUT2D eigenvalue weighted by Crippen LogP contribution is -2.39. The number of anilines is 1. The van der Waals surface area contributed by atoms with Crippen molar-refractivity contribution >= 4 is 11.7 Å². The van der Waals surface area contributed by atoms with Crippen LogP contribution in [0.2, 0.25) is 0 Å². The Hall–Kier alpha value is -1.51. The molecule has 2 fully saturated rings. The van der Waals surface area contributed by atoms with E-state index >= 15 is 0 Å². The summed E-state index contributed by atoms with van der Waals surface area (Å²) in [5.74, 6) is 0.758. The van der Waals surface area contributed by atoms with Gasteiger partial charge in [0.1, 0.15) is 0 Å². The maximum Gasteiger partial charge on any atom is 0.322 e. The Morgan fingerprint density at radius 2 is 2.00 bits per heavy atom. The predicted octanol–water partition coefficient (Wildman–Crippen LogP) is 3.40. The topological polar surface area (TPSA) is 32.3 Å². The lowest BCUT2D eigenvalue weighted by atomic mass is 10.1. The van der Waals surface area contributed by atoms with Gasteiger partial charge in [0, 0.05) is 18.3 Å². The smallest absolute Gasteiger partial charge is 0.321 e. The molecule has 2 aliphatic rings. The Morgan fingerprint density at radius 1 is 1.22 bits per heavy atom. The van der Waals surface area contributed by atoms with Crippen molar-refractivity contribution in [2.45, 2.75) is 38.6 Å². The molecule has 1 aliphatic heterocycles. The predicted molar refractivity (Wildman–Crippen MR) is 72.6 cm³/mol. The summed E-state index contributed by atoms with van der Waals surface area (Å²) >= 11 is 0. The number of benzene rings is 1. The molecular formula is C15H20N2O. The number of rotatable bonds is 1. The minimum Gasteiger partial charge on any atom is -0.321 e. The molecule has 18 heavy (non-hydrogen) atoms. The molecule has 96 valence electrons. The maximum atomic E-state index is 12.3. The van der Waals surface area contributed by atoms with E-state index in [0.717, 1.165) is 18.2 Å². The van der Waals surface area contributed by atoms with Gasteiger partial charge in [-0.15, -0.1) is 0 Å². The lowest BCUT2D eigenvalue weighted by Gasteiger charge is -2.24. The minimum absolute atomic E-state index is 0.0771. The van der Waals surface area contributed by atoms with Crippen LogP contribution in [0.4, 0.5) is 10.5 Å². The molecule has 0 radical (unpaired) electrons. The zero-order chi connectivity index (χ0) is 12.5. The van der Waals surface area contributed by atoms with Crippen LogP contribution in [0.3, 0.4) is 0 Å². The van der Waals surface area contributed by atoms with Crippen molar-refractivity contribution in [3.8, 4) is 0 Å². The van der Waals surface area contributed by atoms with Gasteiger partial charge in [0.15, 0.2) is 0 Å². The molecule has 3 nitrogen and oxygen atoms in total. The van der Waals surface area contributed by atoms with Crippen LogP contribution < -0.4 is 5.32 Å². The summed E-state index contributed by atoms with van der Waals surface area (Å²) in [7, 11) is 0. The highest BCUT2D eigenvalue weighted by Gasteiger charge is 2.39. The van der Waals surface area contributed by atoms with E-state index in [0.29, 0.717) is 6.04 Å². The molecule has 3 heteroatoms. The molecule has 0 spiro atoms. The molecule has 0 aromatic heterocycles. The molecule has 3 rings (SSSR count). The Morgan fingerprint density at radius 3 is 2.78 bits per heavy atom. The minimum atomic E-state index is 0.0771. The summed E-state index contributed by atoms with van der Waals surface area (Å²) in [5.41, 5.74) is 2.11. The highest BCUT2D eigenvalue weighted by molar-refractivity contribution is 5.89. The van der Waals surface area contributed by atoms with Gasteiger partial charge in [0.2, 0.25) is 0 Å². The summed E-state index contributed by atoms with van der Waals surface area (Å²) in [6.45, 7) is 2.97. The number of carbonyl (C=O) groups excluding carboxylic acids is 1. The first kappa shape index (κ1) is 11.6. The number of hydrogen-bond acceptors (Lipinski definition) is 1. The van der Waals surface area contributed by atoms with Gasteiger partial charge in [-0.1, -0.05) is 24.1 Å². The first-order valence-electron chi connectivity index (χ1n) is 6.88. The van der Waals surface area contributed by atoms with Crippen molar-refractivity contribution < 1.29 is 4.79 Å². The van der Waals surface area contributed by atoms with E-state index in [2.05, 4.69) is 12.2 Å². The fourth-order valence-electron chi connectivity index (χ4n) is 3.32. The second kappa shape index (κ2) is 4.63. The van der Waals surface area contributed by atoms with E-state index in [1.54, 1.807) is 0 Å². The standard InChI is InChI=1S/C15H20N2O/c1-11-5-7-13(8-6-11)16-15(18)17-10-9-12-3-2-4-14(12)17/h5-8,12,14H,2-4,9-10H2,1H3,(H,16,18). The fraction of sp³-hybridized carbons (Fsp3) is 0.533. The monoisotopic (exact) mass is 244 g/mol. The normalized spacial score (nSPS) is 26.2. The molecule has 1 saturated carbocycles. The zero-order valence-electron chi connectivity index (χ0n) is 10.9. The van der Waals surface area contributed by atoms with Crippen molar-refractivity contribution in [2.24, 2.45) is 5.92 Å².